The lowest BCUT2D eigenvalue weighted by Gasteiger charge is -2.32. The van der Waals surface area contributed by atoms with E-state index in [-0.39, 0.29) is 0 Å². The van der Waals surface area contributed by atoms with Gasteiger partial charge >= 0.3 is 0 Å². The predicted octanol–water partition coefficient (Wildman–Crippen LogP) is 2.24. The second kappa shape index (κ2) is 7.66. The molecule has 1 rings (SSSR count). The molecule has 1 aliphatic heterocycles. The first kappa shape index (κ1) is 12.5. The monoisotopic (exact) mass is 262 g/mol. The van der Waals surface area contributed by atoms with Crippen LogP contribution >= 0.6 is 15.9 Å². The fraction of sp³-hybridized carbons (Fsp3) is 1.00. The third kappa shape index (κ3) is 4.76. The van der Waals surface area contributed by atoms with Crippen molar-refractivity contribution in [3.05, 3.63) is 0 Å². The molecule has 0 saturated carbocycles. The number of likely N-dealkylation sites (tertiary alicyclic amines) is 1. The van der Waals surface area contributed by atoms with Gasteiger partial charge in [0.2, 0.25) is 0 Å². The quantitative estimate of drug-likeness (QED) is 0.584. The van der Waals surface area contributed by atoms with E-state index in [0.29, 0.717) is 0 Å². The summed E-state index contributed by atoms with van der Waals surface area (Å²) in [5, 5.41) is 4.61. The number of alkyl halides is 1. The summed E-state index contributed by atoms with van der Waals surface area (Å²) < 4.78 is 0. The molecule has 0 aromatic rings. The van der Waals surface area contributed by atoms with Gasteiger partial charge in [-0.3, -0.25) is 0 Å². The first-order valence-corrected chi connectivity index (χ1v) is 6.93. The Bertz CT molecular complexity index is 141. The predicted molar refractivity (Wildman–Crippen MR) is 66.2 cm³/mol. The first-order chi connectivity index (χ1) is 6.84. The van der Waals surface area contributed by atoms with Gasteiger partial charge in [-0.15, -0.1) is 0 Å². The van der Waals surface area contributed by atoms with Gasteiger partial charge in [0.25, 0.3) is 0 Å². The minimum atomic E-state index is 0.834. The van der Waals surface area contributed by atoms with E-state index in [0.717, 1.165) is 17.9 Å². The molecule has 1 aliphatic rings. The third-order valence-electron chi connectivity index (χ3n) is 3.06. The first-order valence-electron chi connectivity index (χ1n) is 5.81. The van der Waals surface area contributed by atoms with Gasteiger partial charge in [-0.05, 0) is 52.4 Å². The molecule has 2 nitrogen and oxygen atoms in total. The Morgan fingerprint density at radius 3 is 2.93 bits per heavy atom. The van der Waals surface area contributed by atoms with E-state index in [1.807, 2.05) is 0 Å². The summed E-state index contributed by atoms with van der Waals surface area (Å²) in [6.07, 6.45) is 6.77. The Hall–Kier alpha value is 0.400. The Labute approximate surface area is 96.6 Å². The van der Waals surface area contributed by atoms with Gasteiger partial charge < -0.3 is 10.2 Å². The minimum Gasteiger partial charge on any atom is -0.317 e. The normalized spacial score (nSPS) is 24.0. The van der Waals surface area contributed by atoms with Crippen molar-refractivity contribution in [2.45, 2.75) is 38.1 Å². The number of hydrogen-bond donors (Lipinski definition) is 1. The fourth-order valence-electron chi connectivity index (χ4n) is 2.09. The third-order valence-corrected chi connectivity index (χ3v) is 3.62. The molecule has 14 heavy (non-hydrogen) atoms. The van der Waals surface area contributed by atoms with Crippen LogP contribution in [0.2, 0.25) is 0 Å². The number of nitrogens with zero attached hydrogens (tertiary/aromatic N) is 1. The number of piperidine rings is 1. The zero-order valence-electron chi connectivity index (χ0n) is 9.27. The van der Waals surface area contributed by atoms with E-state index in [9.17, 15) is 0 Å². The van der Waals surface area contributed by atoms with E-state index in [4.69, 9.17) is 0 Å². The van der Waals surface area contributed by atoms with Crippen molar-refractivity contribution in [2.24, 2.45) is 0 Å². The molecule has 1 atom stereocenters. The highest BCUT2D eigenvalue weighted by atomic mass is 79.9. The second-order valence-electron chi connectivity index (χ2n) is 4.21. The van der Waals surface area contributed by atoms with Gasteiger partial charge in [-0.25, -0.2) is 0 Å². The maximum absolute atomic E-state index is 3.50. The van der Waals surface area contributed by atoms with Crippen molar-refractivity contribution in [3.8, 4) is 0 Å². The summed E-state index contributed by atoms with van der Waals surface area (Å²) >= 11 is 3.44. The van der Waals surface area contributed by atoms with Crippen LogP contribution in [0.1, 0.15) is 32.1 Å². The molecule has 0 radical (unpaired) electrons. The topological polar surface area (TPSA) is 15.3 Å². The van der Waals surface area contributed by atoms with Crippen LogP contribution in [0, 0.1) is 0 Å². The molecular formula is C11H23BrN2. The lowest BCUT2D eigenvalue weighted by atomic mass is 10.0. The number of nitrogens with one attached hydrogen (secondary N) is 1. The summed E-state index contributed by atoms with van der Waals surface area (Å²) in [5.41, 5.74) is 0. The van der Waals surface area contributed by atoms with Crippen molar-refractivity contribution in [1.82, 2.24) is 10.2 Å². The molecule has 0 bridgehead atoms. The van der Waals surface area contributed by atoms with Crippen molar-refractivity contribution in [1.29, 1.82) is 0 Å². The van der Waals surface area contributed by atoms with Crippen LogP contribution in [-0.2, 0) is 0 Å². The summed E-state index contributed by atoms with van der Waals surface area (Å²) in [7, 11) is 2.27. The molecule has 0 amide bonds. The number of halogens is 1. The average Bonchev–Trinajstić information content (AvgIpc) is 2.20. The van der Waals surface area contributed by atoms with Crippen molar-refractivity contribution in [2.75, 3.05) is 32.0 Å². The average molecular weight is 263 g/mol. The Balaban J connectivity index is 1.99. The SMILES string of the molecule is CN1CCCCC1CCNCCCBr. The Kier molecular flexibility index (Phi) is 6.82. The Morgan fingerprint density at radius 1 is 1.36 bits per heavy atom. The van der Waals surface area contributed by atoms with Crippen LogP contribution in [0.5, 0.6) is 0 Å². The van der Waals surface area contributed by atoms with Gasteiger partial charge in [0.1, 0.15) is 0 Å². The second-order valence-corrected chi connectivity index (χ2v) is 5.00. The van der Waals surface area contributed by atoms with Gasteiger partial charge in [0.15, 0.2) is 0 Å². The van der Waals surface area contributed by atoms with Crippen LogP contribution in [0.3, 0.4) is 0 Å². The highest BCUT2D eigenvalue weighted by Crippen LogP contribution is 2.16. The van der Waals surface area contributed by atoms with Gasteiger partial charge in [-0.2, -0.15) is 0 Å². The maximum atomic E-state index is 3.50. The van der Waals surface area contributed by atoms with Crippen molar-refractivity contribution < 1.29 is 0 Å². The van der Waals surface area contributed by atoms with Gasteiger partial charge in [-0.1, -0.05) is 22.4 Å². The minimum absolute atomic E-state index is 0.834. The van der Waals surface area contributed by atoms with Crippen molar-refractivity contribution in [3.63, 3.8) is 0 Å². The molecule has 0 spiro atoms. The lowest BCUT2D eigenvalue weighted by molar-refractivity contribution is 0.175. The van der Waals surface area contributed by atoms with Crippen LogP contribution in [0.4, 0.5) is 0 Å². The van der Waals surface area contributed by atoms with E-state index >= 15 is 0 Å². The summed E-state index contributed by atoms with van der Waals surface area (Å²) in [6, 6.07) is 0.834. The molecule has 0 aromatic carbocycles. The van der Waals surface area contributed by atoms with Crippen molar-refractivity contribution >= 4 is 15.9 Å². The highest BCUT2D eigenvalue weighted by Gasteiger charge is 2.17. The molecule has 1 saturated heterocycles. The highest BCUT2D eigenvalue weighted by molar-refractivity contribution is 9.09. The summed E-state index contributed by atoms with van der Waals surface area (Å²) in [6.45, 7) is 3.63. The molecule has 0 aromatic heterocycles. The summed E-state index contributed by atoms with van der Waals surface area (Å²) in [4.78, 5) is 2.52. The van der Waals surface area contributed by atoms with E-state index in [1.54, 1.807) is 0 Å². The maximum Gasteiger partial charge on any atom is 0.0104 e. The van der Waals surface area contributed by atoms with E-state index < -0.39 is 0 Å². The van der Waals surface area contributed by atoms with E-state index in [1.165, 1.54) is 45.2 Å². The molecule has 1 fully saturated rings. The molecule has 84 valence electrons. The zero-order valence-corrected chi connectivity index (χ0v) is 10.9. The lowest BCUT2D eigenvalue weighted by Crippen LogP contribution is -2.38. The Morgan fingerprint density at radius 2 is 2.21 bits per heavy atom. The molecule has 1 unspecified atom stereocenters. The summed E-state index contributed by atoms with van der Waals surface area (Å²) in [5.74, 6) is 0. The molecular weight excluding hydrogens is 240 g/mol. The van der Waals surface area contributed by atoms with Crippen LogP contribution in [0.15, 0.2) is 0 Å². The molecule has 0 aliphatic carbocycles. The molecule has 1 N–H and O–H groups in total. The number of rotatable bonds is 6. The number of hydrogen-bond acceptors (Lipinski definition) is 2. The fourth-order valence-corrected chi connectivity index (χ4v) is 2.37. The van der Waals surface area contributed by atoms with Crippen LogP contribution in [-0.4, -0.2) is 43.0 Å². The van der Waals surface area contributed by atoms with Crippen LogP contribution < -0.4 is 5.32 Å². The largest absolute Gasteiger partial charge is 0.317 e. The van der Waals surface area contributed by atoms with Gasteiger partial charge in [0.05, 0.1) is 0 Å². The zero-order chi connectivity index (χ0) is 10.2. The smallest absolute Gasteiger partial charge is 0.0104 e. The molecule has 1 heterocycles. The van der Waals surface area contributed by atoms with Gasteiger partial charge in [0, 0.05) is 11.4 Å². The molecule has 3 heteroatoms. The standard InChI is InChI=1S/C11H23BrN2/c1-14-10-3-2-5-11(14)6-9-13-8-4-7-12/h11,13H,2-10H2,1H3. The van der Waals surface area contributed by atoms with E-state index in [2.05, 4.69) is 33.2 Å². The van der Waals surface area contributed by atoms with Crippen LogP contribution in [0.25, 0.3) is 0 Å².